The van der Waals surface area contributed by atoms with E-state index < -0.39 is 0 Å². The van der Waals surface area contributed by atoms with Crippen molar-refractivity contribution in [2.45, 2.75) is 18.3 Å². The molecule has 5 nitrogen and oxygen atoms in total. The van der Waals surface area contributed by atoms with E-state index in [0.29, 0.717) is 12.2 Å². The van der Waals surface area contributed by atoms with Crippen molar-refractivity contribution in [1.82, 2.24) is 19.9 Å². The molecule has 4 aromatic heterocycles. The maximum atomic E-state index is 13.3. The smallest absolute Gasteiger partial charge is 0.145 e. The second kappa shape index (κ2) is 6.76. The fraction of sp³-hybridized carbons (Fsp3) is 0.100. The minimum absolute atomic E-state index is 0.0796. The molecular formula is C30H22N4O. The summed E-state index contributed by atoms with van der Waals surface area (Å²) < 4.78 is 0. The molecule has 0 fully saturated rings. The number of hydrogen-bond donors (Lipinski definition) is 4. The molecule has 5 aromatic rings. The van der Waals surface area contributed by atoms with Crippen LogP contribution in [0.15, 0.2) is 60.7 Å². The van der Waals surface area contributed by atoms with Crippen molar-refractivity contribution in [3.8, 4) is 0 Å². The molecule has 0 amide bonds. The average molecular weight is 455 g/mol. The number of ketones is 1. The Labute approximate surface area is 200 Å². The summed E-state index contributed by atoms with van der Waals surface area (Å²) in [6, 6.07) is 21.0. The van der Waals surface area contributed by atoms with Crippen molar-refractivity contribution in [1.29, 1.82) is 0 Å². The molecule has 2 atom stereocenters. The van der Waals surface area contributed by atoms with Gasteiger partial charge in [0.05, 0.1) is 5.92 Å². The zero-order valence-electron chi connectivity index (χ0n) is 18.9. The first-order chi connectivity index (χ1) is 17.2. The minimum atomic E-state index is -0.219. The van der Waals surface area contributed by atoms with Crippen LogP contribution < -0.4 is 21.4 Å². The molecule has 10 bridgehead atoms. The Bertz CT molecular complexity index is 1920. The molecular weight excluding hydrogens is 432 g/mol. The molecule has 4 N–H and O–H groups in total. The van der Waals surface area contributed by atoms with E-state index in [0.717, 1.165) is 55.3 Å². The molecule has 168 valence electrons. The molecule has 5 heterocycles. The van der Waals surface area contributed by atoms with Gasteiger partial charge in [0.15, 0.2) is 0 Å². The lowest BCUT2D eigenvalue weighted by Gasteiger charge is -2.37. The number of aromatic amines is 4. The van der Waals surface area contributed by atoms with Gasteiger partial charge in [-0.25, -0.2) is 0 Å². The number of carbonyl (C=O) groups is 1. The van der Waals surface area contributed by atoms with Crippen LogP contribution in [0.5, 0.6) is 0 Å². The molecule has 1 aliphatic heterocycles. The summed E-state index contributed by atoms with van der Waals surface area (Å²) in [5.74, 6) is 0.173. The van der Waals surface area contributed by atoms with Crippen LogP contribution in [0.2, 0.25) is 0 Å². The van der Waals surface area contributed by atoms with E-state index in [9.17, 15) is 4.79 Å². The highest BCUT2D eigenvalue weighted by Crippen LogP contribution is 2.48. The van der Waals surface area contributed by atoms with Crippen LogP contribution in [0.1, 0.15) is 63.3 Å². The van der Waals surface area contributed by atoms with Gasteiger partial charge in [-0.15, -0.1) is 0 Å². The molecule has 0 spiro atoms. The van der Waals surface area contributed by atoms with Gasteiger partial charge in [0.25, 0.3) is 0 Å². The molecule has 5 heteroatoms. The van der Waals surface area contributed by atoms with E-state index in [1.165, 1.54) is 11.1 Å². The monoisotopic (exact) mass is 454 g/mol. The van der Waals surface area contributed by atoms with Crippen molar-refractivity contribution in [2.24, 2.45) is 0 Å². The van der Waals surface area contributed by atoms with Crippen LogP contribution in [0.25, 0.3) is 24.3 Å². The highest BCUT2D eigenvalue weighted by atomic mass is 16.1. The van der Waals surface area contributed by atoms with Gasteiger partial charge in [0.1, 0.15) is 5.78 Å². The van der Waals surface area contributed by atoms with Crippen LogP contribution >= 0.6 is 0 Å². The highest BCUT2D eigenvalue weighted by molar-refractivity contribution is 5.95. The summed E-state index contributed by atoms with van der Waals surface area (Å²) >= 11 is 0. The molecule has 4 aliphatic rings. The van der Waals surface area contributed by atoms with Crippen LogP contribution in [0.3, 0.4) is 0 Å². The maximum absolute atomic E-state index is 13.3. The molecule has 0 radical (unpaired) electrons. The van der Waals surface area contributed by atoms with Gasteiger partial charge in [-0.2, -0.15) is 0 Å². The zero-order chi connectivity index (χ0) is 23.1. The molecule has 0 saturated heterocycles. The summed E-state index contributed by atoms with van der Waals surface area (Å²) in [6.45, 7) is 0. The summed E-state index contributed by atoms with van der Waals surface area (Å²) in [6.07, 6.45) is 9.10. The Balaban J connectivity index is 1.46. The van der Waals surface area contributed by atoms with Gasteiger partial charge < -0.3 is 19.9 Å². The lowest BCUT2D eigenvalue weighted by atomic mass is 9.64. The van der Waals surface area contributed by atoms with E-state index in [1.54, 1.807) is 0 Å². The Morgan fingerprint density at radius 3 is 1.80 bits per heavy atom. The fourth-order valence-corrected chi connectivity index (χ4v) is 6.19. The first-order valence-corrected chi connectivity index (χ1v) is 12.0. The first kappa shape index (κ1) is 18.9. The quantitative estimate of drug-likeness (QED) is 0.279. The molecule has 35 heavy (non-hydrogen) atoms. The van der Waals surface area contributed by atoms with Gasteiger partial charge in [0, 0.05) is 56.5 Å². The van der Waals surface area contributed by atoms with Gasteiger partial charge >= 0.3 is 0 Å². The van der Waals surface area contributed by atoms with Crippen molar-refractivity contribution >= 4 is 30.1 Å². The predicted molar refractivity (Wildman–Crippen MR) is 136 cm³/mol. The average Bonchev–Trinajstić information content (AvgIpc) is 3.65. The predicted octanol–water partition coefficient (Wildman–Crippen LogP) is 2.18. The summed E-state index contributed by atoms with van der Waals surface area (Å²) in [4.78, 5) is 27.5. The molecule has 1 aromatic carbocycles. The Morgan fingerprint density at radius 2 is 1.14 bits per heavy atom. The second-order valence-corrected chi connectivity index (χ2v) is 9.75. The molecule has 1 unspecified atom stereocenters. The third-order valence-corrected chi connectivity index (χ3v) is 7.60. The summed E-state index contributed by atoms with van der Waals surface area (Å²) in [5, 5.41) is 4.16. The Hall–Kier alpha value is -4.51. The highest BCUT2D eigenvalue weighted by Gasteiger charge is 2.44. The largest absolute Gasteiger partial charge is 0.355 e. The van der Waals surface area contributed by atoms with Gasteiger partial charge in [0.2, 0.25) is 0 Å². The van der Waals surface area contributed by atoms with Crippen molar-refractivity contribution < 1.29 is 4.79 Å². The SMILES string of the molecule is O=C1CC2c3ccccc3[C@H]1c1c2c2[nH]c1=Cc1ccc([nH]1)C=c1ccc([nH]1)=Cc1ccc([nH]1)C=2. The standard InChI is InChI=1S/C30H22N4O/c35-27-15-24-22-3-1-2-4-23(22)29(27)30-26-14-21-10-8-19(33-21)12-17-6-5-16(31-17)11-18-7-9-20(32-18)13-25(34-26)28(24)30/h1-14,24,29,31-34H,15H2/t24?,29-/m1/s1. The topological polar surface area (TPSA) is 80.2 Å². The molecule has 9 rings (SSSR count). The van der Waals surface area contributed by atoms with Crippen LogP contribution in [0.4, 0.5) is 0 Å². The lowest BCUT2D eigenvalue weighted by molar-refractivity contribution is -0.120. The van der Waals surface area contributed by atoms with Gasteiger partial charge in [-0.05, 0) is 83.0 Å². The number of carbonyl (C=O) groups excluding carboxylic acids is 1. The van der Waals surface area contributed by atoms with Crippen molar-refractivity contribution in [3.63, 3.8) is 0 Å². The van der Waals surface area contributed by atoms with E-state index in [1.807, 2.05) is 6.07 Å². The van der Waals surface area contributed by atoms with E-state index in [-0.39, 0.29) is 11.8 Å². The maximum Gasteiger partial charge on any atom is 0.145 e. The molecule has 3 aliphatic carbocycles. The number of nitrogens with one attached hydrogen (secondary N) is 4. The van der Waals surface area contributed by atoms with Crippen LogP contribution in [-0.4, -0.2) is 25.7 Å². The lowest BCUT2D eigenvalue weighted by Crippen LogP contribution is -2.35. The number of rotatable bonds is 0. The Kier molecular flexibility index (Phi) is 3.65. The van der Waals surface area contributed by atoms with E-state index in [4.69, 9.17) is 0 Å². The number of fused-ring (bicyclic) bond motifs is 9. The van der Waals surface area contributed by atoms with Gasteiger partial charge in [-0.1, -0.05) is 24.3 Å². The van der Waals surface area contributed by atoms with Crippen LogP contribution in [0, 0.1) is 0 Å². The van der Waals surface area contributed by atoms with Gasteiger partial charge in [-0.3, -0.25) is 4.79 Å². The zero-order valence-corrected chi connectivity index (χ0v) is 18.9. The number of aromatic nitrogens is 4. The Morgan fingerprint density at radius 1 is 0.571 bits per heavy atom. The number of H-pyrrole nitrogens is 4. The first-order valence-electron chi connectivity index (χ1n) is 12.0. The third kappa shape index (κ3) is 2.78. The van der Waals surface area contributed by atoms with E-state index in [2.05, 4.69) is 98.8 Å². The number of benzene rings is 1. The summed E-state index contributed by atoms with van der Waals surface area (Å²) in [5.41, 5.74) is 8.93. The minimum Gasteiger partial charge on any atom is -0.355 e. The van der Waals surface area contributed by atoms with Crippen molar-refractivity contribution in [2.75, 3.05) is 0 Å². The molecule has 0 saturated carbocycles. The second-order valence-electron chi connectivity index (χ2n) is 9.75. The van der Waals surface area contributed by atoms with E-state index >= 15 is 0 Å². The van der Waals surface area contributed by atoms with Crippen molar-refractivity contribution in [3.05, 3.63) is 127 Å². The number of hydrogen-bond acceptors (Lipinski definition) is 1. The van der Waals surface area contributed by atoms with Crippen LogP contribution in [-0.2, 0) is 4.79 Å². The third-order valence-electron chi connectivity index (χ3n) is 7.60. The number of Topliss-reactive ketones (excluding diaryl/α,β-unsaturated/α-hetero) is 1. The normalized spacial score (nSPS) is 19.1. The summed E-state index contributed by atoms with van der Waals surface area (Å²) in [7, 11) is 0. The fourth-order valence-electron chi connectivity index (χ4n) is 6.19.